The van der Waals surface area contributed by atoms with Gasteiger partial charge in [-0.2, -0.15) is 0 Å². The van der Waals surface area contributed by atoms with Crippen molar-refractivity contribution in [1.82, 2.24) is 0 Å². The molecule has 18 heavy (non-hydrogen) atoms. The maximum absolute atomic E-state index is 10.3. The first-order valence-corrected chi connectivity index (χ1v) is 6.28. The van der Waals surface area contributed by atoms with Crippen LogP contribution in [0.15, 0.2) is 0 Å². The molecule has 0 spiro atoms. The zero-order valence-corrected chi connectivity index (χ0v) is 11.1. The molecule has 5 atom stereocenters. The largest absolute Gasteiger partial charge is 0.387 e. The molecule has 0 aromatic carbocycles. The zero-order valence-electron chi connectivity index (χ0n) is 11.1. The summed E-state index contributed by atoms with van der Waals surface area (Å²) >= 11 is 0. The smallest absolute Gasteiger partial charge is 0.190 e. The van der Waals surface area contributed by atoms with Gasteiger partial charge in [-0.1, -0.05) is 0 Å². The molecule has 3 aliphatic rings. The molecular weight excluding hydrogens is 240 g/mol. The van der Waals surface area contributed by atoms with Gasteiger partial charge in [-0.15, -0.1) is 0 Å². The number of ether oxygens (including phenoxy) is 5. The highest BCUT2D eigenvalue weighted by atomic mass is 16.8. The van der Waals surface area contributed by atoms with E-state index in [9.17, 15) is 5.11 Å². The maximum Gasteiger partial charge on any atom is 0.190 e. The molecule has 0 radical (unpaired) electrons. The van der Waals surface area contributed by atoms with Crippen molar-refractivity contribution < 1.29 is 28.8 Å². The number of aliphatic hydroxyl groups excluding tert-OH is 1. The highest BCUT2D eigenvalue weighted by Crippen LogP contribution is 2.40. The van der Waals surface area contributed by atoms with Gasteiger partial charge in [-0.3, -0.25) is 0 Å². The SMILES string of the molecule is CC1(C)O[C@H]2O[C@H]([C@H]3COC(C)(C)O3)C(O)[C@H]2O1. The summed E-state index contributed by atoms with van der Waals surface area (Å²) in [7, 11) is 0. The Balaban J connectivity index is 1.68. The molecule has 0 amide bonds. The number of fused-ring (bicyclic) bond motifs is 1. The fourth-order valence-electron chi connectivity index (χ4n) is 2.70. The van der Waals surface area contributed by atoms with Crippen LogP contribution in [0.1, 0.15) is 27.7 Å². The van der Waals surface area contributed by atoms with E-state index in [0.717, 1.165) is 0 Å². The lowest BCUT2D eigenvalue weighted by atomic mass is 10.1. The average Bonchev–Trinajstić information content (AvgIpc) is 2.81. The summed E-state index contributed by atoms with van der Waals surface area (Å²) < 4.78 is 28.1. The van der Waals surface area contributed by atoms with E-state index >= 15 is 0 Å². The van der Waals surface area contributed by atoms with E-state index in [4.69, 9.17) is 23.7 Å². The highest BCUT2D eigenvalue weighted by Gasteiger charge is 2.57. The van der Waals surface area contributed by atoms with Crippen LogP contribution >= 0.6 is 0 Å². The van der Waals surface area contributed by atoms with Gasteiger partial charge in [0.15, 0.2) is 17.9 Å². The van der Waals surface area contributed by atoms with Gasteiger partial charge in [0.2, 0.25) is 0 Å². The van der Waals surface area contributed by atoms with Gasteiger partial charge in [-0.05, 0) is 27.7 Å². The normalized spacial score (nSPS) is 49.5. The highest BCUT2D eigenvalue weighted by molar-refractivity contribution is 4.97. The van der Waals surface area contributed by atoms with Crippen molar-refractivity contribution in [2.75, 3.05) is 6.61 Å². The molecule has 104 valence electrons. The molecule has 6 nitrogen and oxygen atoms in total. The molecule has 0 aromatic heterocycles. The van der Waals surface area contributed by atoms with E-state index in [2.05, 4.69) is 0 Å². The van der Waals surface area contributed by atoms with E-state index < -0.39 is 36.2 Å². The fourth-order valence-corrected chi connectivity index (χ4v) is 2.70. The van der Waals surface area contributed by atoms with E-state index in [1.807, 2.05) is 13.8 Å². The Kier molecular flexibility index (Phi) is 2.75. The quantitative estimate of drug-likeness (QED) is 0.735. The van der Waals surface area contributed by atoms with Crippen molar-refractivity contribution in [2.24, 2.45) is 0 Å². The molecular formula is C12H20O6. The molecule has 3 fully saturated rings. The van der Waals surface area contributed by atoms with Gasteiger partial charge in [-0.25, -0.2) is 0 Å². The fraction of sp³-hybridized carbons (Fsp3) is 1.00. The van der Waals surface area contributed by atoms with Crippen molar-refractivity contribution in [2.45, 2.75) is 70.0 Å². The van der Waals surface area contributed by atoms with Crippen LogP contribution in [0, 0.1) is 0 Å². The summed E-state index contributed by atoms with van der Waals surface area (Å²) in [4.78, 5) is 0. The standard InChI is InChI=1S/C12H20O6/c1-11(2)14-5-6(16-11)8-7(13)9-10(15-8)18-12(3,4)17-9/h6-10,13H,5H2,1-4H3/t6-,7?,8-,9-,10-/m1/s1. The van der Waals surface area contributed by atoms with E-state index in [1.165, 1.54) is 0 Å². The Bertz CT molecular complexity index is 341. The number of aliphatic hydroxyl groups is 1. The van der Waals surface area contributed by atoms with Crippen LogP contribution in [0.25, 0.3) is 0 Å². The summed E-state index contributed by atoms with van der Waals surface area (Å²) in [5.41, 5.74) is 0. The van der Waals surface area contributed by atoms with Crippen molar-refractivity contribution >= 4 is 0 Å². The second kappa shape index (κ2) is 3.88. The molecule has 3 aliphatic heterocycles. The summed E-state index contributed by atoms with van der Waals surface area (Å²) in [6.07, 6.45) is -2.53. The summed E-state index contributed by atoms with van der Waals surface area (Å²) in [6.45, 7) is 7.68. The lowest BCUT2D eigenvalue weighted by Crippen LogP contribution is -2.42. The molecule has 0 aromatic rings. The van der Waals surface area contributed by atoms with Gasteiger partial charge in [0, 0.05) is 0 Å². The van der Waals surface area contributed by atoms with Crippen LogP contribution in [0.2, 0.25) is 0 Å². The van der Waals surface area contributed by atoms with Gasteiger partial charge < -0.3 is 28.8 Å². The molecule has 0 bridgehead atoms. The molecule has 3 rings (SSSR count). The van der Waals surface area contributed by atoms with Gasteiger partial charge in [0.05, 0.1) is 6.61 Å². The lowest BCUT2D eigenvalue weighted by Gasteiger charge is -2.26. The minimum absolute atomic E-state index is 0.295. The van der Waals surface area contributed by atoms with Crippen LogP contribution in [0.3, 0.4) is 0 Å². The Morgan fingerprint density at radius 1 is 0.944 bits per heavy atom. The number of rotatable bonds is 1. The van der Waals surface area contributed by atoms with E-state index in [0.29, 0.717) is 6.61 Å². The minimum Gasteiger partial charge on any atom is -0.387 e. The topological polar surface area (TPSA) is 66.4 Å². The van der Waals surface area contributed by atoms with Crippen LogP contribution in [-0.4, -0.2) is 54.0 Å². The summed E-state index contributed by atoms with van der Waals surface area (Å²) in [5.74, 6) is -1.35. The Morgan fingerprint density at radius 2 is 1.67 bits per heavy atom. The third kappa shape index (κ3) is 2.07. The van der Waals surface area contributed by atoms with Gasteiger partial charge >= 0.3 is 0 Å². The van der Waals surface area contributed by atoms with Crippen LogP contribution in [0.5, 0.6) is 0 Å². The molecule has 3 heterocycles. The van der Waals surface area contributed by atoms with Crippen molar-refractivity contribution in [3.63, 3.8) is 0 Å². The number of hydrogen-bond acceptors (Lipinski definition) is 6. The third-order valence-corrected chi connectivity index (χ3v) is 3.45. The van der Waals surface area contributed by atoms with Crippen LogP contribution in [-0.2, 0) is 23.7 Å². The van der Waals surface area contributed by atoms with Crippen molar-refractivity contribution in [3.05, 3.63) is 0 Å². The van der Waals surface area contributed by atoms with Crippen molar-refractivity contribution in [3.8, 4) is 0 Å². The predicted molar refractivity (Wildman–Crippen MR) is 59.6 cm³/mol. The first-order chi connectivity index (χ1) is 8.27. The average molecular weight is 260 g/mol. The Hall–Kier alpha value is -0.240. The number of hydrogen-bond donors (Lipinski definition) is 1. The third-order valence-electron chi connectivity index (χ3n) is 3.45. The molecule has 1 N–H and O–H groups in total. The van der Waals surface area contributed by atoms with Gasteiger partial charge in [0.1, 0.15) is 24.4 Å². The summed E-state index contributed by atoms with van der Waals surface area (Å²) in [5, 5.41) is 10.3. The Labute approximate surface area is 106 Å². The van der Waals surface area contributed by atoms with Crippen LogP contribution < -0.4 is 0 Å². The van der Waals surface area contributed by atoms with E-state index in [-0.39, 0.29) is 6.10 Å². The predicted octanol–water partition coefficient (Wildman–Crippen LogP) is 0.375. The zero-order chi connectivity index (χ0) is 13.1. The first-order valence-electron chi connectivity index (χ1n) is 6.28. The monoisotopic (exact) mass is 260 g/mol. The molecule has 3 saturated heterocycles. The van der Waals surface area contributed by atoms with Crippen LogP contribution in [0.4, 0.5) is 0 Å². The second-order valence-corrected chi connectivity index (χ2v) is 5.93. The van der Waals surface area contributed by atoms with E-state index in [1.54, 1.807) is 13.8 Å². The molecule has 0 aliphatic carbocycles. The Morgan fingerprint density at radius 3 is 2.22 bits per heavy atom. The minimum atomic E-state index is -0.765. The maximum atomic E-state index is 10.3. The lowest BCUT2D eigenvalue weighted by molar-refractivity contribution is -0.232. The summed E-state index contributed by atoms with van der Waals surface area (Å²) in [6, 6.07) is 0. The molecule has 1 unspecified atom stereocenters. The first kappa shape index (κ1) is 12.8. The molecule has 6 heteroatoms. The molecule has 0 saturated carbocycles. The second-order valence-electron chi connectivity index (χ2n) is 5.93. The van der Waals surface area contributed by atoms with Gasteiger partial charge in [0.25, 0.3) is 0 Å². The van der Waals surface area contributed by atoms with Crippen molar-refractivity contribution in [1.29, 1.82) is 0 Å².